The first-order valence-electron chi connectivity index (χ1n) is 11.7. The molecule has 3 rings (SSSR count). The predicted octanol–water partition coefficient (Wildman–Crippen LogP) is 1.05. The molecule has 0 spiro atoms. The Hall–Kier alpha value is -4.41. The number of carboxylic acids is 1. The van der Waals surface area contributed by atoms with Crippen LogP contribution in [0.1, 0.15) is 32.3 Å². The van der Waals surface area contributed by atoms with Crippen molar-refractivity contribution in [3.8, 4) is 5.75 Å². The smallest absolute Gasteiger partial charge is 0.303 e. The number of para-hydroxylation sites is 2. The second-order valence-electron chi connectivity index (χ2n) is 8.96. The van der Waals surface area contributed by atoms with Crippen molar-refractivity contribution in [3.63, 3.8) is 0 Å². The maximum absolute atomic E-state index is 14.0. The molecule has 11 nitrogen and oxygen atoms in total. The summed E-state index contributed by atoms with van der Waals surface area (Å²) in [6.07, 6.45) is -0.599. The number of benzene rings is 2. The zero-order chi connectivity index (χ0) is 27.3. The molecule has 1 aliphatic rings. The van der Waals surface area contributed by atoms with E-state index < -0.39 is 47.3 Å². The largest absolute Gasteiger partial charge is 0.481 e. The Balaban J connectivity index is 1.93. The van der Waals surface area contributed by atoms with Gasteiger partial charge in [-0.25, -0.2) is 0 Å². The summed E-state index contributed by atoms with van der Waals surface area (Å²) in [5.41, 5.74) is 4.57. The van der Waals surface area contributed by atoms with E-state index in [1.54, 1.807) is 54.6 Å². The fourth-order valence-electron chi connectivity index (χ4n) is 4.07. The van der Waals surface area contributed by atoms with Crippen molar-refractivity contribution in [1.82, 2.24) is 10.2 Å². The number of hydrogen-bond acceptors (Lipinski definition) is 6. The first-order valence-corrected chi connectivity index (χ1v) is 11.7. The fraction of sp³-hybridized carbons (Fsp3) is 0.346. The molecule has 1 unspecified atom stereocenters. The van der Waals surface area contributed by atoms with Gasteiger partial charge < -0.3 is 30.7 Å². The number of ether oxygens (including phenoxy) is 1. The van der Waals surface area contributed by atoms with Crippen LogP contribution in [0.15, 0.2) is 54.6 Å². The topological polar surface area (TPSA) is 159 Å². The minimum absolute atomic E-state index is 0.0395. The van der Waals surface area contributed by atoms with Gasteiger partial charge in [-0.1, -0.05) is 42.5 Å². The van der Waals surface area contributed by atoms with Gasteiger partial charge in [0.05, 0.1) is 5.69 Å². The monoisotopic (exact) mass is 510 g/mol. The van der Waals surface area contributed by atoms with E-state index in [1.165, 1.54) is 30.7 Å². The van der Waals surface area contributed by atoms with Crippen LogP contribution in [0.25, 0.3) is 0 Å². The van der Waals surface area contributed by atoms with E-state index in [1.807, 2.05) is 0 Å². The molecule has 0 saturated heterocycles. The van der Waals surface area contributed by atoms with Gasteiger partial charge >= 0.3 is 5.97 Å². The van der Waals surface area contributed by atoms with Crippen molar-refractivity contribution in [3.05, 3.63) is 60.2 Å². The van der Waals surface area contributed by atoms with E-state index >= 15 is 0 Å². The van der Waals surface area contributed by atoms with Crippen LogP contribution < -0.4 is 20.7 Å². The molecular weight excluding hydrogens is 480 g/mol. The number of nitrogens with two attached hydrogens (primary N) is 1. The minimum atomic E-state index is -1.97. The van der Waals surface area contributed by atoms with Gasteiger partial charge in [-0.2, -0.15) is 0 Å². The molecule has 0 radical (unpaired) electrons. The maximum atomic E-state index is 14.0. The Morgan fingerprint density at radius 3 is 2.35 bits per heavy atom. The number of nitrogens with zero attached hydrogens (tertiary/aromatic N) is 2. The average Bonchev–Trinajstić information content (AvgIpc) is 2.87. The number of likely N-dealkylation sites (N-methyl/N-ethyl adjacent to an activating group) is 1. The Bertz CT molecular complexity index is 1200. The van der Waals surface area contributed by atoms with Crippen molar-refractivity contribution in [2.45, 2.75) is 50.9 Å². The second-order valence-corrected chi connectivity index (χ2v) is 8.96. The van der Waals surface area contributed by atoms with Crippen molar-refractivity contribution < 1.29 is 33.8 Å². The summed E-state index contributed by atoms with van der Waals surface area (Å²) in [6.45, 7) is 2.76. The minimum Gasteiger partial charge on any atom is -0.481 e. The summed E-state index contributed by atoms with van der Waals surface area (Å²) in [4.78, 5) is 65.8. The van der Waals surface area contributed by atoms with E-state index in [0.717, 1.165) is 0 Å². The van der Waals surface area contributed by atoms with Crippen molar-refractivity contribution in [1.29, 1.82) is 0 Å². The lowest BCUT2D eigenvalue weighted by Gasteiger charge is -2.41. The number of primary amides is 1. The first-order chi connectivity index (χ1) is 17.5. The highest BCUT2D eigenvalue weighted by Crippen LogP contribution is 2.37. The van der Waals surface area contributed by atoms with Crippen molar-refractivity contribution in [2.24, 2.45) is 5.73 Å². The van der Waals surface area contributed by atoms with Gasteiger partial charge in [0.1, 0.15) is 17.8 Å². The van der Waals surface area contributed by atoms with E-state index in [-0.39, 0.29) is 19.4 Å². The molecule has 0 saturated carbocycles. The number of carboxylic acid groups (broad SMARTS) is 1. The zero-order valence-electron chi connectivity index (χ0n) is 20.8. The molecule has 0 fully saturated rings. The molecule has 4 N–H and O–H groups in total. The second kappa shape index (κ2) is 11.1. The number of amides is 4. The summed E-state index contributed by atoms with van der Waals surface area (Å²) >= 11 is 0. The van der Waals surface area contributed by atoms with E-state index in [4.69, 9.17) is 15.6 Å². The van der Waals surface area contributed by atoms with E-state index in [2.05, 4.69) is 5.32 Å². The van der Waals surface area contributed by atoms with Crippen LogP contribution in [-0.2, 0) is 30.5 Å². The lowest BCUT2D eigenvalue weighted by Crippen LogP contribution is -2.64. The van der Waals surface area contributed by atoms with Gasteiger partial charge in [0.25, 0.3) is 17.4 Å². The first kappa shape index (κ1) is 27.2. The van der Waals surface area contributed by atoms with Gasteiger partial charge in [-0.15, -0.1) is 0 Å². The molecule has 0 aromatic heterocycles. The summed E-state index contributed by atoms with van der Waals surface area (Å²) in [5.74, 6) is -3.83. The number of aliphatic carboxylic acids is 1. The molecule has 4 amide bonds. The number of anilines is 1. The molecule has 2 aromatic rings. The quantitative estimate of drug-likeness (QED) is 0.403. The van der Waals surface area contributed by atoms with Crippen LogP contribution in [0.4, 0.5) is 5.69 Å². The third-order valence-corrected chi connectivity index (χ3v) is 6.27. The molecule has 0 aliphatic carbocycles. The van der Waals surface area contributed by atoms with Gasteiger partial charge in [0.15, 0.2) is 0 Å². The van der Waals surface area contributed by atoms with E-state index in [0.29, 0.717) is 17.0 Å². The number of fused-ring (bicyclic) bond motifs is 1. The van der Waals surface area contributed by atoms with Crippen LogP contribution in [-0.4, -0.2) is 64.3 Å². The Kier molecular flexibility index (Phi) is 8.16. The molecule has 0 bridgehead atoms. The average molecular weight is 511 g/mol. The number of rotatable bonds is 10. The molecule has 37 heavy (non-hydrogen) atoms. The Morgan fingerprint density at radius 2 is 1.73 bits per heavy atom. The van der Waals surface area contributed by atoms with Crippen LogP contribution in [0.5, 0.6) is 5.75 Å². The van der Waals surface area contributed by atoms with Crippen LogP contribution >= 0.6 is 0 Å². The van der Waals surface area contributed by atoms with Crippen LogP contribution in [0.2, 0.25) is 0 Å². The molecular formula is C26H30N4O7. The standard InChI is InChI=1S/C26H30N4O7/c1-16(23(34)28-18(22(27)33)13-14-21(31)32)30(15-17-9-5-4-6-10-17)25(36)26(2)24(35)29(3)19-11-7-8-12-20(19)37-26/h4-12,16,18H,13-15H2,1-3H3,(H2,27,33)(H,28,34)(H,31,32)/t16-,18-,26?/m1/s1. The highest BCUT2D eigenvalue weighted by molar-refractivity contribution is 6.16. The fourth-order valence-corrected chi connectivity index (χ4v) is 4.07. The van der Waals surface area contributed by atoms with Gasteiger partial charge in [0.2, 0.25) is 11.8 Å². The van der Waals surface area contributed by atoms with Gasteiger partial charge in [-0.3, -0.25) is 24.0 Å². The lowest BCUT2D eigenvalue weighted by atomic mass is 9.97. The number of hydrogen-bond donors (Lipinski definition) is 3. The van der Waals surface area contributed by atoms with Crippen molar-refractivity contribution in [2.75, 3.05) is 11.9 Å². The third kappa shape index (κ3) is 5.88. The number of nitrogens with one attached hydrogen (secondary N) is 1. The van der Waals surface area contributed by atoms with Crippen LogP contribution in [0.3, 0.4) is 0 Å². The summed E-state index contributed by atoms with van der Waals surface area (Å²) < 4.78 is 5.94. The molecule has 11 heteroatoms. The molecule has 2 aromatic carbocycles. The summed E-state index contributed by atoms with van der Waals surface area (Å²) in [5, 5.41) is 11.4. The molecule has 196 valence electrons. The van der Waals surface area contributed by atoms with E-state index in [9.17, 15) is 24.0 Å². The van der Waals surface area contributed by atoms with Crippen LogP contribution in [0, 0.1) is 0 Å². The number of carbonyl (C=O) groups excluding carboxylic acids is 4. The predicted molar refractivity (Wildman–Crippen MR) is 133 cm³/mol. The summed E-state index contributed by atoms with van der Waals surface area (Å²) in [7, 11) is 1.53. The highest BCUT2D eigenvalue weighted by Gasteiger charge is 2.52. The SMILES string of the molecule is C[C@H](C(=O)N[C@H](CCC(=O)O)C(N)=O)N(Cc1ccccc1)C(=O)C1(C)Oc2ccccc2N(C)C1=O. The van der Waals surface area contributed by atoms with Crippen molar-refractivity contribution >= 4 is 35.3 Å². The zero-order valence-corrected chi connectivity index (χ0v) is 20.8. The Labute approximate surface area is 214 Å². The van der Waals surface area contributed by atoms with Gasteiger partial charge in [-0.05, 0) is 38.0 Å². The Morgan fingerprint density at radius 1 is 1.11 bits per heavy atom. The van der Waals surface area contributed by atoms with Gasteiger partial charge in [0, 0.05) is 20.0 Å². The molecule has 1 aliphatic heterocycles. The highest BCUT2D eigenvalue weighted by atomic mass is 16.5. The lowest BCUT2D eigenvalue weighted by molar-refractivity contribution is -0.160. The summed E-state index contributed by atoms with van der Waals surface area (Å²) in [6, 6.07) is 13.2. The molecule has 3 atom stereocenters. The third-order valence-electron chi connectivity index (χ3n) is 6.27. The normalized spacial score (nSPS) is 18.1. The maximum Gasteiger partial charge on any atom is 0.303 e. The number of carbonyl (C=O) groups is 5. The molecule has 1 heterocycles.